The number of carbonyl (C=O) groups is 13. The van der Waals surface area contributed by atoms with Crippen molar-refractivity contribution in [2.45, 2.75) is 274 Å². The molecule has 6 saturated heterocycles. The summed E-state index contributed by atoms with van der Waals surface area (Å²) in [6, 6.07) is -9.08. The van der Waals surface area contributed by atoms with Crippen molar-refractivity contribution in [2.24, 2.45) is 5.73 Å². The Morgan fingerprint density at radius 1 is 0.365 bits per heavy atom. The van der Waals surface area contributed by atoms with Gasteiger partial charge in [-0.1, -0.05) is 0 Å². The van der Waals surface area contributed by atoms with Crippen LogP contribution in [0.5, 0.6) is 0 Å². The van der Waals surface area contributed by atoms with E-state index < -0.39 is 301 Å². The fourth-order valence-electron chi connectivity index (χ4n) is 13.5. The molecule has 6 aliphatic rings. The highest BCUT2D eigenvalue weighted by Gasteiger charge is 2.63. The molecule has 53 heteroatoms. The van der Waals surface area contributed by atoms with Gasteiger partial charge in [-0.2, -0.15) is 0 Å². The summed E-state index contributed by atoms with van der Waals surface area (Å²) in [4.78, 5) is 153. The van der Waals surface area contributed by atoms with Crippen LogP contribution in [0.3, 0.4) is 0 Å². The van der Waals surface area contributed by atoms with Gasteiger partial charge in [-0.3, -0.25) is 57.5 Å². The zero-order valence-electron chi connectivity index (χ0n) is 62.1. The second kappa shape index (κ2) is 43.6. The first kappa shape index (κ1) is 99.5. The number of hydrogen-bond donors (Lipinski definition) is 24. The Morgan fingerprint density at radius 2 is 0.591 bits per heavy atom. The average molecular weight is 1680 g/mol. The molecule has 0 aromatic heterocycles. The molecule has 0 aliphatic carbocycles. The normalized spacial score (nSPS) is 37.2. The lowest BCUT2D eigenvalue weighted by atomic mass is 9.90. The molecule has 6 fully saturated rings. The fourth-order valence-corrected chi connectivity index (χ4v) is 13.5. The first-order valence-corrected chi connectivity index (χ1v) is 34.5. The van der Waals surface area contributed by atoms with Crippen molar-refractivity contribution in [3.05, 3.63) is 0 Å². The average Bonchev–Trinajstić information content (AvgIpc) is 0.763. The molecule has 0 radical (unpaired) electrons. The third kappa shape index (κ3) is 25.6. The summed E-state index contributed by atoms with van der Waals surface area (Å²) in [5, 5.41) is 188. The summed E-state index contributed by atoms with van der Waals surface area (Å²) >= 11 is 0. The standard InChI is InChI=1S/C31H50N4O22.C31H47N3O23.H3N/c1-13(41)33-22-17(45)5-30(51-11-39,53-19(22)7-32)54-21(9-37)26(48)28-24(35-15(3)43)18(46)6-31(57-28,52-12-40)55-20(8-36)25(47)27-23(34-14(2)42)16(44)4-29(49,56-27)50-10-38;1-13(41)32-22-17(45)5-30(51-11-39,53-19(22)7-35)54-21(9-37)26(48)28-24(34-15(3)43)18(46)6-31(57-28,52-12-40)55-20(8-36)25(47)27-23(33-14(2)42)16(44)4-29(49,56-27)50-10-38;/h10-12,16-28,36-37,44-49H,4-9,32H2,1-3H3,(H,33,41)(H,34,42)(H,35,43);7,10-12,16-28,36-37,44-49H,4-6,8-9H2,1-3H3,(H,32,41)(H,33,42)(H,34,43);1H3. The van der Waals surface area contributed by atoms with E-state index in [1.54, 1.807) is 0 Å². The van der Waals surface area contributed by atoms with Crippen molar-refractivity contribution in [3.63, 3.8) is 0 Å². The van der Waals surface area contributed by atoms with Gasteiger partial charge in [0, 0.05) is 48.1 Å². The van der Waals surface area contributed by atoms with Crippen molar-refractivity contribution < 1.29 is 220 Å². The summed E-state index contributed by atoms with van der Waals surface area (Å²) < 4.78 is 85.2. The molecule has 6 amide bonds. The molecule has 32 unspecified atom stereocenters. The monoisotopic (exact) mass is 1680 g/mol. The Bertz CT molecular complexity index is 3240. The molecular formula is C62H100N8O45. The largest absolute Gasteiger partial charge is 0.410 e. The summed E-state index contributed by atoms with van der Waals surface area (Å²) in [6.07, 6.45) is -44.5. The first-order valence-electron chi connectivity index (χ1n) is 34.5. The van der Waals surface area contributed by atoms with E-state index in [0.29, 0.717) is 0 Å². The van der Waals surface area contributed by atoms with Crippen LogP contribution in [0.2, 0.25) is 0 Å². The zero-order chi connectivity index (χ0) is 85.8. The predicted octanol–water partition coefficient (Wildman–Crippen LogP) is -15.9. The molecule has 27 N–H and O–H groups in total. The quantitative estimate of drug-likeness (QED) is 0.0154. The van der Waals surface area contributed by atoms with Crippen LogP contribution in [0, 0.1) is 0 Å². The third-order valence-electron chi connectivity index (χ3n) is 18.2. The molecule has 0 aromatic rings. The van der Waals surface area contributed by atoms with Gasteiger partial charge in [-0.05, 0) is 0 Å². The minimum absolute atomic E-state index is 0. The molecular weight excluding hydrogens is 1580 g/mol. The molecule has 658 valence electrons. The molecule has 0 saturated carbocycles. The number of ether oxygens (including phenoxy) is 16. The van der Waals surface area contributed by atoms with E-state index in [1.807, 2.05) is 0 Å². The molecule has 0 spiro atoms. The Balaban J connectivity index is 0.000000480. The van der Waals surface area contributed by atoms with Gasteiger partial charge < -0.3 is 206 Å². The van der Waals surface area contributed by atoms with Crippen molar-refractivity contribution in [3.8, 4) is 0 Å². The van der Waals surface area contributed by atoms with E-state index in [9.17, 15) is 144 Å². The van der Waals surface area contributed by atoms with Gasteiger partial charge in [0.2, 0.25) is 35.4 Å². The summed E-state index contributed by atoms with van der Waals surface area (Å²) in [5.74, 6) is -21.6. The van der Waals surface area contributed by atoms with Gasteiger partial charge in [0.25, 0.3) is 38.8 Å². The van der Waals surface area contributed by atoms with Crippen LogP contribution in [0.4, 0.5) is 0 Å². The van der Waals surface area contributed by atoms with Gasteiger partial charge in [0.1, 0.15) is 79.4 Å². The van der Waals surface area contributed by atoms with Crippen molar-refractivity contribution in [1.29, 1.82) is 0 Å². The van der Waals surface area contributed by atoms with E-state index in [0.717, 1.165) is 41.5 Å². The molecule has 53 nitrogen and oxygen atoms in total. The molecule has 0 bridgehead atoms. The number of amides is 6. The van der Waals surface area contributed by atoms with Crippen LogP contribution >= 0.6 is 0 Å². The second-order valence-corrected chi connectivity index (χ2v) is 26.7. The number of carbonyl (C=O) groups excluding carboxylic acids is 13. The highest BCUT2D eigenvalue weighted by Crippen LogP contribution is 2.43. The summed E-state index contributed by atoms with van der Waals surface area (Å²) in [7, 11) is 0. The zero-order valence-corrected chi connectivity index (χ0v) is 62.1. The molecule has 0 aromatic carbocycles. The minimum atomic E-state index is -2.97. The van der Waals surface area contributed by atoms with E-state index in [2.05, 4.69) is 41.4 Å². The van der Waals surface area contributed by atoms with Crippen molar-refractivity contribution in [2.75, 3.05) is 33.0 Å². The highest BCUT2D eigenvalue weighted by molar-refractivity contribution is 5.76. The summed E-state index contributed by atoms with van der Waals surface area (Å²) in [5.41, 5.74) is 5.77. The number of nitrogens with two attached hydrogens (primary N) is 1. The molecule has 115 heavy (non-hydrogen) atoms. The van der Waals surface area contributed by atoms with Crippen LogP contribution in [0.15, 0.2) is 0 Å². The second-order valence-electron chi connectivity index (χ2n) is 26.7. The van der Waals surface area contributed by atoms with Gasteiger partial charge in [-0.25, -0.2) is 0 Å². The van der Waals surface area contributed by atoms with Crippen LogP contribution in [-0.2, 0) is 138 Å². The van der Waals surface area contributed by atoms with E-state index in [-0.39, 0.29) is 51.3 Å². The number of aliphatic hydroxyl groups is 16. The number of rotatable bonds is 40. The Morgan fingerprint density at radius 3 is 0.843 bits per heavy atom. The fraction of sp³-hybridized carbons (Fsp3) is 0.790. The van der Waals surface area contributed by atoms with E-state index in [1.165, 1.54) is 0 Å². The van der Waals surface area contributed by atoms with E-state index >= 15 is 0 Å². The lowest BCUT2D eigenvalue weighted by Gasteiger charge is -2.50. The van der Waals surface area contributed by atoms with Crippen LogP contribution in [-0.4, -0.2) is 389 Å². The molecule has 32 atom stereocenters. The highest BCUT2D eigenvalue weighted by atomic mass is 16.9. The smallest absolute Gasteiger partial charge is 0.332 e. The molecule has 6 heterocycles. The number of nitrogens with one attached hydrogen (secondary N) is 6. The van der Waals surface area contributed by atoms with Gasteiger partial charge in [-0.15, -0.1) is 0 Å². The molecule has 6 rings (SSSR count). The maximum atomic E-state index is 12.2. The topological polar surface area (TPSA) is 826 Å². The Labute approximate surface area is 649 Å². The predicted molar refractivity (Wildman–Crippen MR) is 354 cm³/mol. The van der Waals surface area contributed by atoms with E-state index in [4.69, 9.17) is 72.0 Å². The molecule has 6 aliphatic heterocycles. The first-order chi connectivity index (χ1) is 53.5. The Hall–Kier alpha value is -7.81. The lowest BCUT2D eigenvalue weighted by molar-refractivity contribution is -0.442. The SMILES string of the molecule is CC(=O)NC1C(O)CC(OC=O)(OC(CO)C(O)C2OC(OC=O)(OC(CO)C(O)C3OC(O)(OC=O)CC(O)C3NC(C)=O)CC(O)C2NC(C)=O)OC1C=O.CC(=O)NC1C(O)CC(OC=O)(OC(CO)C(O)C2OC(OC=O)(OC(CO)C(O)C3OC(O)(OC=O)CC(O)C3NC(C)=O)CC(O)C2NC(C)=O)OC1CN.N. The number of aliphatic hydroxyl groups excluding tert-OH is 14. The van der Waals surface area contributed by atoms with Crippen molar-refractivity contribution >= 4 is 80.6 Å². The number of hydrogen-bond acceptors (Lipinski definition) is 47. The maximum Gasteiger partial charge on any atom is 0.332 e. The van der Waals surface area contributed by atoms with Crippen LogP contribution in [0.1, 0.15) is 80.1 Å². The van der Waals surface area contributed by atoms with Gasteiger partial charge in [0.15, 0.2) is 6.29 Å². The van der Waals surface area contributed by atoms with Crippen LogP contribution in [0.25, 0.3) is 0 Å². The summed E-state index contributed by atoms with van der Waals surface area (Å²) in [6.45, 7) is -0.508. The maximum absolute atomic E-state index is 12.2. The minimum Gasteiger partial charge on any atom is -0.410 e. The van der Waals surface area contributed by atoms with Crippen molar-refractivity contribution in [1.82, 2.24) is 38.1 Å². The lowest BCUT2D eigenvalue weighted by Crippen LogP contribution is -2.69. The van der Waals surface area contributed by atoms with Gasteiger partial charge in [0.05, 0.1) is 144 Å². The third-order valence-corrected chi connectivity index (χ3v) is 18.2. The Kier molecular flexibility index (Phi) is 37.7. The number of aldehydes is 1. The van der Waals surface area contributed by atoms with Gasteiger partial charge >= 0.3 is 35.8 Å². The van der Waals surface area contributed by atoms with Crippen LogP contribution < -0.4 is 43.8 Å².